The first kappa shape index (κ1) is 17.5. The summed E-state index contributed by atoms with van der Waals surface area (Å²) in [5, 5.41) is 13.1. The van der Waals surface area contributed by atoms with Crippen molar-refractivity contribution in [1.82, 2.24) is 4.98 Å². The van der Waals surface area contributed by atoms with Crippen LogP contribution >= 0.6 is 11.3 Å². The first-order valence-electron chi connectivity index (χ1n) is 8.86. The van der Waals surface area contributed by atoms with E-state index in [1.807, 2.05) is 61.5 Å². The van der Waals surface area contributed by atoms with Crippen molar-refractivity contribution in [3.63, 3.8) is 0 Å². The van der Waals surface area contributed by atoms with Crippen LogP contribution < -0.4 is 10.1 Å². The van der Waals surface area contributed by atoms with Crippen LogP contribution in [0.5, 0.6) is 10.9 Å². The van der Waals surface area contributed by atoms with E-state index in [1.165, 1.54) is 11.3 Å². The van der Waals surface area contributed by atoms with Gasteiger partial charge in [0.1, 0.15) is 5.75 Å². The number of hydrogen-bond acceptors (Lipinski definition) is 5. The third-order valence-electron chi connectivity index (χ3n) is 4.72. The fourth-order valence-electron chi connectivity index (χ4n) is 3.07. The van der Waals surface area contributed by atoms with Gasteiger partial charge in [-0.15, -0.1) is 0 Å². The van der Waals surface area contributed by atoms with Gasteiger partial charge >= 0.3 is 5.97 Å². The molecule has 4 rings (SSSR count). The van der Waals surface area contributed by atoms with Crippen LogP contribution in [0.1, 0.15) is 28.5 Å². The zero-order chi connectivity index (χ0) is 18.8. The van der Waals surface area contributed by atoms with E-state index in [1.54, 1.807) is 0 Å². The number of carboxylic acid groups (broad SMARTS) is 1. The molecule has 3 aromatic rings. The highest BCUT2D eigenvalue weighted by Gasteiger charge is 2.43. The summed E-state index contributed by atoms with van der Waals surface area (Å²) in [6.45, 7) is 2.65. The lowest BCUT2D eigenvalue weighted by Gasteiger charge is -2.06. The molecule has 2 atom stereocenters. The van der Waals surface area contributed by atoms with E-state index < -0.39 is 5.97 Å². The first-order valence-corrected chi connectivity index (χ1v) is 9.67. The number of para-hydroxylation sites is 1. The minimum Gasteiger partial charge on any atom is -0.481 e. The summed E-state index contributed by atoms with van der Waals surface area (Å²) in [6.07, 6.45) is 0.742. The summed E-state index contributed by atoms with van der Waals surface area (Å²) < 4.78 is 5.80. The van der Waals surface area contributed by atoms with Gasteiger partial charge in [-0.05, 0) is 49.1 Å². The highest BCUT2D eigenvalue weighted by atomic mass is 32.1. The van der Waals surface area contributed by atoms with Gasteiger partial charge in [0.25, 0.3) is 5.19 Å². The largest absolute Gasteiger partial charge is 0.481 e. The quantitative estimate of drug-likeness (QED) is 0.600. The Morgan fingerprint density at radius 3 is 2.63 bits per heavy atom. The fourth-order valence-corrected chi connectivity index (χ4v) is 3.93. The molecule has 0 radical (unpaired) electrons. The molecule has 27 heavy (non-hydrogen) atoms. The topological polar surface area (TPSA) is 71.5 Å². The van der Waals surface area contributed by atoms with E-state index in [9.17, 15) is 4.79 Å². The van der Waals surface area contributed by atoms with E-state index in [2.05, 4.69) is 10.3 Å². The zero-order valence-corrected chi connectivity index (χ0v) is 15.7. The van der Waals surface area contributed by atoms with Gasteiger partial charge in [-0.25, -0.2) is 4.98 Å². The van der Waals surface area contributed by atoms with E-state index in [4.69, 9.17) is 9.84 Å². The predicted molar refractivity (Wildman–Crippen MR) is 106 cm³/mol. The number of nitrogens with zero attached hydrogens (tertiary/aromatic N) is 1. The SMILES string of the molecule is Cc1nc(Oc2ccccc2)sc1CNc1ccc(C2CC2C(=O)O)cc1. The maximum absolute atomic E-state index is 11.0. The molecule has 1 aliphatic rings. The van der Waals surface area contributed by atoms with Crippen LogP contribution in [0.15, 0.2) is 54.6 Å². The maximum atomic E-state index is 11.0. The third-order valence-corrected chi connectivity index (χ3v) is 5.76. The van der Waals surface area contributed by atoms with Crippen LogP contribution in [0.25, 0.3) is 0 Å². The summed E-state index contributed by atoms with van der Waals surface area (Å²) in [6, 6.07) is 17.7. The Labute approximate surface area is 161 Å². The molecule has 0 amide bonds. The Kier molecular flexibility index (Phi) is 4.81. The molecular formula is C21H20N2O3S. The van der Waals surface area contributed by atoms with Crippen molar-refractivity contribution in [2.24, 2.45) is 5.92 Å². The minimum atomic E-state index is -0.698. The highest BCUT2D eigenvalue weighted by Crippen LogP contribution is 2.47. The Balaban J connectivity index is 1.35. The number of aromatic nitrogens is 1. The van der Waals surface area contributed by atoms with Crippen LogP contribution in [0.4, 0.5) is 5.69 Å². The molecule has 2 unspecified atom stereocenters. The van der Waals surface area contributed by atoms with Crippen LogP contribution in [0, 0.1) is 12.8 Å². The normalized spacial score (nSPS) is 18.1. The lowest BCUT2D eigenvalue weighted by Crippen LogP contribution is -2.00. The number of ether oxygens (including phenoxy) is 1. The molecule has 138 valence electrons. The van der Waals surface area contributed by atoms with E-state index >= 15 is 0 Å². The van der Waals surface area contributed by atoms with Crippen molar-refractivity contribution in [2.45, 2.75) is 25.8 Å². The number of carbonyl (C=O) groups is 1. The van der Waals surface area contributed by atoms with Gasteiger partial charge in [0.05, 0.1) is 23.0 Å². The number of rotatable bonds is 7. The van der Waals surface area contributed by atoms with Crippen molar-refractivity contribution in [3.05, 3.63) is 70.7 Å². The summed E-state index contributed by atoms with van der Waals surface area (Å²) in [7, 11) is 0. The van der Waals surface area contributed by atoms with Crippen LogP contribution in [0.3, 0.4) is 0 Å². The smallest absolute Gasteiger partial charge is 0.307 e. The molecule has 5 nitrogen and oxygen atoms in total. The van der Waals surface area contributed by atoms with E-state index in [-0.39, 0.29) is 11.8 Å². The number of carboxylic acids is 1. The zero-order valence-electron chi connectivity index (χ0n) is 14.9. The molecule has 1 fully saturated rings. The van der Waals surface area contributed by atoms with Gasteiger partial charge in [-0.3, -0.25) is 4.79 Å². The van der Waals surface area contributed by atoms with Gasteiger partial charge in [0.2, 0.25) is 0 Å². The number of nitrogens with one attached hydrogen (secondary N) is 1. The van der Waals surface area contributed by atoms with Crippen molar-refractivity contribution in [3.8, 4) is 10.9 Å². The number of aliphatic carboxylic acids is 1. The number of hydrogen-bond donors (Lipinski definition) is 2. The molecule has 1 saturated carbocycles. The van der Waals surface area contributed by atoms with Crippen molar-refractivity contribution < 1.29 is 14.6 Å². The number of benzene rings is 2. The van der Waals surface area contributed by atoms with Crippen molar-refractivity contribution >= 4 is 23.0 Å². The summed E-state index contributed by atoms with van der Waals surface area (Å²) in [4.78, 5) is 16.6. The van der Waals surface area contributed by atoms with E-state index in [0.717, 1.165) is 34.0 Å². The van der Waals surface area contributed by atoms with Gasteiger partial charge in [0.15, 0.2) is 0 Å². The first-order chi connectivity index (χ1) is 13.1. The van der Waals surface area contributed by atoms with Crippen LogP contribution in [-0.4, -0.2) is 16.1 Å². The Hall–Kier alpha value is -2.86. The van der Waals surface area contributed by atoms with E-state index in [0.29, 0.717) is 11.7 Å². The van der Waals surface area contributed by atoms with Crippen LogP contribution in [-0.2, 0) is 11.3 Å². The predicted octanol–water partition coefficient (Wildman–Crippen LogP) is 5.04. The lowest BCUT2D eigenvalue weighted by atomic mass is 10.1. The van der Waals surface area contributed by atoms with Crippen molar-refractivity contribution in [2.75, 3.05) is 5.32 Å². The Bertz CT molecular complexity index is 938. The Morgan fingerprint density at radius 2 is 1.96 bits per heavy atom. The molecule has 0 spiro atoms. The number of aryl methyl sites for hydroxylation is 1. The Morgan fingerprint density at radius 1 is 1.22 bits per heavy atom. The highest BCUT2D eigenvalue weighted by molar-refractivity contribution is 7.13. The van der Waals surface area contributed by atoms with Gasteiger partial charge in [0, 0.05) is 5.69 Å². The molecule has 2 N–H and O–H groups in total. The fraction of sp³-hybridized carbons (Fsp3) is 0.238. The standard InChI is InChI=1S/C21H20N2O3S/c1-13-19(27-21(23-13)26-16-5-3-2-4-6-16)12-22-15-9-7-14(8-10-15)17-11-18(17)20(24)25/h2-10,17-18,22H,11-12H2,1H3,(H,24,25). The number of thiazole rings is 1. The van der Waals surface area contributed by atoms with Crippen LogP contribution in [0.2, 0.25) is 0 Å². The molecule has 1 aromatic heterocycles. The average Bonchev–Trinajstić information content (AvgIpc) is 3.40. The molecule has 2 aromatic carbocycles. The summed E-state index contributed by atoms with van der Waals surface area (Å²) >= 11 is 1.53. The number of anilines is 1. The molecule has 1 aliphatic carbocycles. The third kappa shape index (κ3) is 4.11. The molecule has 1 heterocycles. The molecule has 0 aliphatic heterocycles. The maximum Gasteiger partial charge on any atom is 0.307 e. The molecule has 0 bridgehead atoms. The molecular weight excluding hydrogens is 360 g/mol. The lowest BCUT2D eigenvalue weighted by molar-refractivity contribution is -0.138. The second-order valence-corrected chi connectivity index (χ2v) is 7.71. The van der Waals surface area contributed by atoms with Gasteiger partial charge < -0.3 is 15.2 Å². The summed E-state index contributed by atoms with van der Waals surface area (Å²) in [5.74, 6) is 0.0298. The molecule has 0 saturated heterocycles. The van der Waals surface area contributed by atoms with Gasteiger partial charge in [-0.2, -0.15) is 0 Å². The summed E-state index contributed by atoms with van der Waals surface area (Å²) in [5.41, 5.74) is 3.06. The second-order valence-electron chi connectivity index (χ2n) is 6.67. The monoisotopic (exact) mass is 380 g/mol. The average molecular weight is 380 g/mol. The molecule has 6 heteroatoms. The minimum absolute atomic E-state index is 0.165. The van der Waals surface area contributed by atoms with Crippen molar-refractivity contribution in [1.29, 1.82) is 0 Å². The van der Waals surface area contributed by atoms with Gasteiger partial charge in [-0.1, -0.05) is 41.7 Å². The second kappa shape index (κ2) is 7.40.